The third kappa shape index (κ3) is 2.24. The van der Waals surface area contributed by atoms with E-state index < -0.39 is 0 Å². The molecule has 4 heteroatoms. The lowest BCUT2D eigenvalue weighted by molar-refractivity contribution is 0.0951. The van der Waals surface area contributed by atoms with Crippen LogP contribution in [0.25, 0.3) is 0 Å². The van der Waals surface area contributed by atoms with E-state index in [9.17, 15) is 4.79 Å². The predicted molar refractivity (Wildman–Crippen MR) is 74.1 cm³/mol. The van der Waals surface area contributed by atoms with Crippen molar-refractivity contribution in [2.24, 2.45) is 0 Å². The van der Waals surface area contributed by atoms with Gasteiger partial charge in [0, 0.05) is 24.3 Å². The zero-order chi connectivity index (χ0) is 12.4. The van der Waals surface area contributed by atoms with E-state index in [1.54, 1.807) is 11.3 Å². The molecule has 2 N–H and O–H groups in total. The van der Waals surface area contributed by atoms with Gasteiger partial charge >= 0.3 is 0 Å². The Labute approximate surface area is 110 Å². The van der Waals surface area contributed by atoms with E-state index in [1.807, 2.05) is 35.0 Å². The van der Waals surface area contributed by atoms with Gasteiger partial charge in [-0.05, 0) is 46.5 Å². The maximum absolute atomic E-state index is 12.0. The molecule has 0 saturated carbocycles. The van der Waals surface area contributed by atoms with E-state index in [-0.39, 0.29) is 5.91 Å². The highest BCUT2D eigenvalue weighted by atomic mass is 32.1. The van der Waals surface area contributed by atoms with Crippen molar-refractivity contribution in [3.8, 4) is 0 Å². The maximum Gasteiger partial charge on any atom is 0.251 e. The molecule has 2 aromatic rings. The van der Waals surface area contributed by atoms with Crippen molar-refractivity contribution in [2.45, 2.75) is 13.0 Å². The molecule has 3 nitrogen and oxygen atoms in total. The van der Waals surface area contributed by atoms with Gasteiger partial charge in [0.15, 0.2) is 0 Å². The van der Waals surface area contributed by atoms with Crippen LogP contribution in [0.2, 0.25) is 0 Å². The van der Waals surface area contributed by atoms with Crippen molar-refractivity contribution in [3.63, 3.8) is 0 Å². The molecule has 0 atom stereocenters. The van der Waals surface area contributed by atoms with E-state index in [4.69, 9.17) is 0 Å². The summed E-state index contributed by atoms with van der Waals surface area (Å²) < 4.78 is 0. The fraction of sp³-hybridized carbons (Fsp3) is 0.214. The zero-order valence-electron chi connectivity index (χ0n) is 9.90. The van der Waals surface area contributed by atoms with E-state index >= 15 is 0 Å². The van der Waals surface area contributed by atoms with Gasteiger partial charge in [0.25, 0.3) is 5.91 Å². The number of amides is 1. The molecule has 18 heavy (non-hydrogen) atoms. The second kappa shape index (κ2) is 4.82. The SMILES string of the molecule is O=C(NCc1ccsc1)c1ccc2c(c1)NCC2. The molecule has 0 saturated heterocycles. The summed E-state index contributed by atoms with van der Waals surface area (Å²) in [6.45, 7) is 1.56. The first-order chi connectivity index (χ1) is 8.83. The quantitative estimate of drug-likeness (QED) is 0.888. The molecule has 0 bridgehead atoms. The molecule has 0 unspecified atom stereocenters. The van der Waals surface area contributed by atoms with Crippen LogP contribution in [0.15, 0.2) is 35.0 Å². The fourth-order valence-corrected chi connectivity index (χ4v) is 2.78. The molecule has 1 aliphatic heterocycles. The average Bonchev–Trinajstić information content (AvgIpc) is 3.05. The van der Waals surface area contributed by atoms with E-state index in [1.165, 1.54) is 5.56 Å². The van der Waals surface area contributed by atoms with Crippen LogP contribution in [0.1, 0.15) is 21.5 Å². The number of hydrogen-bond donors (Lipinski definition) is 2. The highest BCUT2D eigenvalue weighted by Gasteiger charge is 2.13. The first kappa shape index (κ1) is 11.3. The first-order valence-electron chi connectivity index (χ1n) is 5.99. The van der Waals surface area contributed by atoms with Gasteiger partial charge in [-0.1, -0.05) is 6.07 Å². The summed E-state index contributed by atoms with van der Waals surface area (Å²) >= 11 is 1.64. The lowest BCUT2D eigenvalue weighted by Crippen LogP contribution is -2.22. The van der Waals surface area contributed by atoms with Crippen LogP contribution >= 0.6 is 11.3 Å². The lowest BCUT2D eigenvalue weighted by atomic mass is 10.1. The lowest BCUT2D eigenvalue weighted by Gasteiger charge is -2.06. The maximum atomic E-state index is 12.0. The van der Waals surface area contributed by atoms with Gasteiger partial charge in [0.05, 0.1) is 0 Å². The fourth-order valence-electron chi connectivity index (χ4n) is 2.11. The number of benzene rings is 1. The Hall–Kier alpha value is -1.81. The number of carbonyl (C=O) groups is 1. The van der Waals surface area contributed by atoms with Crippen molar-refractivity contribution in [1.29, 1.82) is 0 Å². The molecule has 0 fully saturated rings. The number of nitrogens with one attached hydrogen (secondary N) is 2. The molecule has 2 heterocycles. The van der Waals surface area contributed by atoms with Crippen molar-refractivity contribution in [1.82, 2.24) is 5.32 Å². The molecule has 1 aromatic heterocycles. The smallest absolute Gasteiger partial charge is 0.251 e. The number of fused-ring (bicyclic) bond motifs is 1. The van der Waals surface area contributed by atoms with Gasteiger partial charge < -0.3 is 10.6 Å². The summed E-state index contributed by atoms with van der Waals surface area (Å²) in [6.07, 6.45) is 1.05. The molecule has 1 aromatic carbocycles. The summed E-state index contributed by atoms with van der Waals surface area (Å²) in [6, 6.07) is 7.89. The van der Waals surface area contributed by atoms with Crippen molar-refractivity contribution in [3.05, 3.63) is 51.7 Å². The van der Waals surface area contributed by atoms with Crippen molar-refractivity contribution >= 4 is 22.9 Å². The molecule has 1 amide bonds. The Morgan fingerprint density at radius 2 is 2.33 bits per heavy atom. The summed E-state index contributed by atoms with van der Waals surface area (Å²) in [4.78, 5) is 12.0. The minimum absolute atomic E-state index is 0.0160. The third-order valence-corrected chi connectivity index (χ3v) is 3.85. The van der Waals surface area contributed by atoms with E-state index in [2.05, 4.69) is 10.6 Å². The van der Waals surface area contributed by atoms with Crippen LogP contribution in [0.3, 0.4) is 0 Å². The third-order valence-electron chi connectivity index (χ3n) is 3.12. The summed E-state index contributed by atoms with van der Waals surface area (Å²) in [7, 11) is 0. The summed E-state index contributed by atoms with van der Waals surface area (Å²) in [5.74, 6) is -0.0160. The van der Waals surface area contributed by atoms with Gasteiger partial charge in [-0.15, -0.1) is 0 Å². The van der Waals surface area contributed by atoms with Crippen LogP contribution in [0.5, 0.6) is 0 Å². The van der Waals surface area contributed by atoms with Crippen LogP contribution in [0.4, 0.5) is 5.69 Å². The second-order valence-corrected chi connectivity index (χ2v) is 5.14. The molecule has 0 spiro atoms. The number of rotatable bonds is 3. The second-order valence-electron chi connectivity index (χ2n) is 4.36. The topological polar surface area (TPSA) is 41.1 Å². The highest BCUT2D eigenvalue weighted by Crippen LogP contribution is 2.23. The first-order valence-corrected chi connectivity index (χ1v) is 6.93. The Balaban J connectivity index is 1.69. The predicted octanol–water partition coefficient (Wildman–Crippen LogP) is 2.65. The molecule has 92 valence electrons. The van der Waals surface area contributed by atoms with Gasteiger partial charge in [0.1, 0.15) is 0 Å². The molecular formula is C14H14N2OS. The molecular weight excluding hydrogens is 244 g/mol. The monoisotopic (exact) mass is 258 g/mol. The molecule has 0 radical (unpaired) electrons. The van der Waals surface area contributed by atoms with Gasteiger partial charge in [-0.2, -0.15) is 11.3 Å². The van der Waals surface area contributed by atoms with Crippen LogP contribution in [-0.4, -0.2) is 12.5 Å². The van der Waals surface area contributed by atoms with E-state index in [0.29, 0.717) is 6.54 Å². The van der Waals surface area contributed by atoms with Crippen molar-refractivity contribution in [2.75, 3.05) is 11.9 Å². The Morgan fingerprint density at radius 1 is 1.39 bits per heavy atom. The number of anilines is 1. The Bertz CT molecular complexity index is 563. The minimum Gasteiger partial charge on any atom is -0.384 e. The molecule has 1 aliphatic rings. The van der Waals surface area contributed by atoms with Crippen LogP contribution < -0.4 is 10.6 Å². The standard InChI is InChI=1S/C14H14N2OS/c17-14(16-8-10-4-6-18-9-10)12-2-1-11-3-5-15-13(11)7-12/h1-2,4,6-7,9,15H,3,5,8H2,(H,16,17). The Kier molecular flexibility index (Phi) is 3.02. The van der Waals surface area contributed by atoms with Crippen LogP contribution in [-0.2, 0) is 13.0 Å². The molecule has 0 aliphatic carbocycles. The van der Waals surface area contributed by atoms with E-state index in [0.717, 1.165) is 29.8 Å². The normalized spacial score (nSPS) is 12.9. The number of carbonyl (C=O) groups excluding carboxylic acids is 1. The highest BCUT2D eigenvalue weighted by molar-refractivity contribution is 7.07. The minimum atomic E-state index is -0.0160. The van der Waals surface area contributed by atoms with Crippen LogP contribution in [0, 0.1) is 0 Å². The van der Waals surface area contributed by atoms with Gasteiger partial charge in [-0.3, -0.25) is 4.79 Å². The Morgan fingerprint density at radius 3 is 3.17 bits per heavy atom. The van der Waals surface area contributed by atoms with Crippen molar-refractivity contribution < 1.29 is 4.79 Å². The largest absolute Gasteiger partial charge is 0.384 e. The molecule has 3 rings (SSSR count). The number of thiophene rings is 1. The van der Waals surface area contributed by atoms with Gasteiger partial charge in [0.2, 0.25) is 0 Å². The summed E-state index contributed by atoms with van der Waals surface area (Å²) in [5.41, 5.74) is 4.26. The zero-order valence-corrected chi connectivity index (χ0v) is 10.7. The number of hydrogen-bond acceptors (Lipinski definition) is 3. The average molecular weight is 258 g/mol. The summed E-state index contributed by atoms with van der Waals surface area (Å²) in [5, 5.41) is 10.3. The van der Waals surface area contributed by atoms with Gasteiger partial charge in [-0.25, -0.2) is 0 Å².